The monoisotopic (exact) mass is 473 g/mol. The SMILES string of the molecule is [F][Zr+2][F].c1cc[cH-]c1.c1ccc2[cH-]c(-n3c4ccccc4c4ccccc43)cc2c1. The first-order valence-electron chi connectivity index (χ1n) is 9.60. The second-order valence-corrected chi connectivity index (χ2v) is 7.10. The second-order valence-electron chi connectivity index (χ2n) is 6.75. The summed E-state index contributed by atoms with van der Waals surface area (Å²) in [4.78, 5) is 0. The van der Waals surface area contributed by atoms with Gasteiger partial charge in [0.25, 0.3) is 0 Å². The average molecular weight is 475 g/mol. The summed E-state index contributed by atoms with van der Waals surface area (Å²) in [6, 6.07) is 40.3. The fraction of sp³-hybridized carbons (Fsp3) is 0. The van der Waals surface area contributed by atoms with E-state index in [1.54, 1.807) is 0 Å². The standard InChI is InChI=1S/C21H14N.C5H5.2FH.Zr/c1-2-8-16-14-17(13-15(16)7-1)22-20-11-5-3-9-18(20)19-10-4-6-12-21(19)22;1-2-4-5-3-1;;;/h1-14H;1-5H;2*1H;/q2*-1;;;+4/p-2. The minimum Gasteiger partial charge on any atom is -0.328 e. The predicted octanol–water partition coefficient (Wildman–Crippen LogP) is 7.90. The van der Waals surface area contributed by atoms with E-state index in [2.05, 4.69) is 89.5 Å². The van der Waals surface area contributed by atoms with Gasteiger partial charge in [-0.2, -0.15) is 18.2 Å². The molecule has 1 nitrogen and oxygen atoms in total. The first-order valence-corrected chi connectivity index (χ1v) is 11.5. The summed E-state index contributed by atoms with van der Waals surface area (Å²) in [6.45, 7) is 0. The normalized spacial score (nSPS) is 10.2. The molecule has 1 heterocycles. The van der Waals surface area contributed by atoms with Gasteiger partial charge in [-0.1, -0.05) is 42.5 Å². The van der Waals surface area contributed by atoms with Gasteiger partial charge >= 0.3 is 29.7 Å². The van der Waals surface area contributed by atoms with Crippen molar-refractivity contribution >= 4 is 32.6 Å². The Morgan fingerprint density at radius 1 is 0.667 bits per heavy atom. The number of aromatic nitrogens is 1. The summed E-state index contributed by atoms with van der Waals surface area (Å²) in [5.74, 6) is 0. The Bertz CT molecular complexity index is 1240. The third-order valence-electron chi connectivity index (χ3n) is 5.00. The molecule has 0 aliphatic carbocycles. The van der Waals surface area contributed by atoms with E-state index < -0.39 is 24.5 Å². The van der Waals surface area contributed by atoms with Crippen molar-refractivity contribution in [1.82, 2.24) is 4.57 Å². The van der Waals surface area contributed by atoms with Gasteiger partial charge in [-0.3, -0.25) is 0 Å². The number of nitrogens with zero attached hydrogens (tertiary/aromatic N) is 1. The average Bonchev–Trinajstić information content (AvgIpc) is 3.53. The molecule has 4 heteroatoms. The maximum Gasteiger partial charge on any atom is 0.0523 e. The van der Waals surface area contributed by atoms with Crippen molar-refractivity contribution in [2.75, 3.05) is 0 Å². The zero-order valence-corrected chi connectivity index (χ0v) is 18.6. The molecule has 30 heavy (non-hydrogen) atoms. The number of hydrogen-bond acceptors (Lipinski definition) is 0. The zero-order chi connectivity index (χ0) is 20.8. The Balaban J connectivity index is 0.000000233. The van der Waals surface area contributed by atoms with Crippen LogP contribution in [0.5, 0.6) is 0 Å². The molecule has 0 amide bonds. The van der Waals surface area contributed by atoms with E-state index in [0.29, 0.717) is 0 Å². The van der Waals surface area contributed by atoms with Crippen molar-refractivity contribution in [3.8, 4) is 5.69 Å². The van der Waals surface area contributed by atoms with Crippen LogP contribution in [0.3, 0.4) is 0 Å². The van der Waals surface area contributed by atoms with Crippen LogP contribution < -0.4 is 0 Å². The number of fused-ring (bicyclic) bond motifs is 4. The van der Waals surface area contributed by atoms with Gasteiger partial charge in [-0.25, -0.2) is 12.1 Å². The van der Waals surface area contributed by atoms with Gasteiger partial charge in [0.1, 0.15) is 0 Å². The second kappa shape index (κ2) is 9.78. The largest absolute Gasteiger partial charge is 0.328 e. The van der Waals surface area contributed by atoms with Crippen molar-refractivity contribution in [2.24, 2.45) is 0 Å². The van der Waals surface area contributed by atoms with Crippen LogP contribution in [0, 0.1) is 0 Å². The number of benzene rings is 3. The van der Waals surface area contributed by atoms with Gasteiger partial charge in [-0.05, 0) is 17.8 Å². The molecule has 0 unspecified atom stereocenters. The molecule has 0 radical (unpaired) electrons. The van der Waals surface area contributed by atoms with E-state index in [1.807, 2.05) is 30.3 Å². The maximum absolute atomic E-state index is 9.80. The molecule has 0 saturated heterocycles. The molecule has 1 aromatic heterocycles. The van der Waals surface area contributed by atoms with E-state index in [-0.39, 0.29) is 0 Å². The van der Waals surface area contributed by atoms with Crippen molar-refractivity contribution in [3.05, 3.63) is 115 Å². The molecular weight excluding hydrogens is 456 g/mol. The fourth-order valence-corrected chi connectivity index (χ4v) is 3.78. The summed E-state index contributed by atoms with van der Waals surface area (Å²) in [7, 11) is 0. The number of para-hydroxylation sites is 2. The number of hydrogen-bond donors (Lipinski definition) is 0. The van der Waals surface area contributed by atoms with E-state index in [9.17, 15) is 5.25 Å². The first-order chi connectivity index (χ1) is 14.8. The van der Waals surface area contributed by atoms with Gasteiger partial charge in [0, 0.05) is 10.8 Å². The van der Waals surface area contributed by atoms with Gasteiger partial charge < -0.3 is 4.57 Å². The first kappa shape index (κ1) is 20.4. The molecule has 6 rings (SSSR count). The quantitative estimate of drug-likeness (QED) is 0.213. The van der Waals surface area contributed by atoms with Gasteiger partial charge in [-0.15, -0.1) is 41.1 Å². The molecule has 0 fully saturated rings. The predicted molar refractivity (Wildman–Crippen MR) is 118 cm³/mol. The molecule has 0 aliphatic heterocycles. The Morgan fingerprint density at radius 3 is 1.73 bits per heavy atom. The van der Waals surface area contributed by atoms with Gasteiger partial charge in [0.2, 0.25) is 0 Å². The van der Waals surface area contributed by atoms with Crippen LogP contribution >= 0.6 is 0 Å². The van der Waals surface area contributed by atoms with Gasteiger partial charge in [0.15, 0.2) is 0 Å². The molecule has 0 bridgehead atoms. The third kappa shape index (κ3) is 4.20. The number of halogens is 2. The summed E-state index contributed by atoms with van der Waals surface area (Å²) < 4.78 is 22.0. The Morgan fingerprint density at radius 2 is 1.20 bits per heavy atom. The molecule has 0 aliphatic rings. The van der Waals surface area contributed by atoms with Crippen LogP contribution in [0.2, 0.25) is 0 Å². The molecule has 5 aromatic carbocycles. The van der Waals surface area contributed by atoms with Crippen molar-refractivity contribution in [3.63, 3.8) is 0 Å². The Hall–Kier alpha value is -2.84. The topological polar surface area (TPSA) is 4.93 Å². The fourth-order valence-electron chi connectivity index (χ4n) is 3.78. The van der Waals surface area contributed by atoms with Gasteiger partial charge in [0.05, 0.1) is 11.0 Å². The molecule has 0 N–H and O–H groups in total. The molecule has 0 saturated carbocycles. The maximum atomic E-state index is 9.80. The minimum atomic E-state index is -2.77. The zero-order valence-electron chi connectivity index (χ0n) is 16.2. The molecule has 146 valence electrons. The summed E-state index contributed by atoms with van der Waals surface area (Å²) in [6.07, 6.45) is 0. The molecule has 6 aromatic rings. The van der Waals surface area contributed by atoms with Crippen LogP contribution in [-0.2, 0) is 24.5 Å². The Labute approximate surface area is 187 Å². The smallest absolute Gasteiger partial charge is 0.0523 e. The van der Waals surface area contributed by atoms with E-state index >= 15 is 0 Å². The van der Waals surface area contributed by atoms with E-state index in [1.165, 1.54) is 38.3 Å². The van der Waals surface area contributed by atoms with E-state index in [0.717, 1.165) is 0 Å². The van der Waals surface area contributed by atoms with Crippen LogP contribution in [0.15, 0.2) is 115 Å². The van der Waals surface area contributed by atoms with Crippen molar-refractivity contribution in [2.45, 2.75) is 0 Å². The molecule has 0 atom stereocenters. The Kier molecular flexibility index (Phi) is 6.66. The van der Waals surface area contributed by atoms with Crippen LogP contribution in [0.25, 0.3) is 38.3 Å². The van der Waals surface area contributed by atoms with Crippen molar-refractivity contribution < 1.29 is 29.7 Å². The number of rotatable bonds is 1. The minimum absolute atomic E-state index is 1.23. The van der Waals surface area contributed by atoms with Crippen LogP contribution in [0.4, 0.5) is 5.25 Å². The van der Waals surface area contributed by atoms with Crippen molar-refractivity contribution in [1.29, 1.82) is 0 Å². The summed E-state index contributed by atoms with van der Waals surface area (Å²) >= 11 is -2.77. The van der Waals surface area contributed by atoms with Crippen LogP contribution in [-0.4, -0.2) is 4.57 Å². The van der Waals surface area contributed by atoms with E-state index in [4.69, 9.17) is 0 Å². The summed E-state index contributed by atoms with van der Waals surface area (Å²) in [5.41, 5.74) is 3.76. The molecular formula is C26H19F2NZr. The summed E-state index contributed by atoms with van der Waals surface area (Å²) in [5, 5.41) is 5.20. The molecule has 0 spiro atoms. The van der Waals surface area contributed by atoms with Crippen LogP contribution in [0.1, 0.15) is 0 Å². The third-order valence-corrected chi connectivity index (χ3v) is 5.00.